The van der Waals surface area contributed by atoms with Crippen LogP contribution in [0.2, 0.25) is 5.02 Å². The molecule has 29 heavy (non-hydrogen) atoms. The monoisotopic (exact) mass is 439 g/mol. The van der Waals surface area contributed by atoms with Crippen molar-refractivity contribution in [2.75, 3.05) is 13.2 Å². The van der Waals surface area contributed by atoms with E-state index in [0.29, 0.717) is 31.0 Å². The van der Waals surface area contributed by atoms with Crippen molar-refractivity contribution < 1.29 is 18.3 Å². The minimum Gasteiger partial charge on any atom is -0.379 e. The Morgan fingerprint density at radius 2 is 2.24 bits per heavy atom. The molecular weight excluding hydrogens is 420 g/mol. The quantitative estimate of drug-likeness (QED) is 0.587. The van der Waals surface area contributed by atoms with E-state index in [1.807, 2.05) is 16.2 Å². The van der Waals surface area contributed by atoms with Crippen molar-refractivity contribution >= 4 is 29.7 Å². The zero-order chi connectivity index (χ0) is 20.5. The fourth-order valence-corrected chi connectivity index (χ4v) is 5.45. The van der Waals surface area contributed by atoms with Crippen LogP contribution in [0.25, 0.3) is 0 Å². The Morgan fingerprint density at radius 1 is 1.45 bits per heavy atom. The molecule has 1 N–H and O–H groups in total. The third-order valence-corrected chi connectivity index (χ3v) is 7.31. The Morgan fingerprint density at radius 3 is 2.97 bits per heavy atom. The van der Waals surface area contributed by atoms with Gasteiger partial charge in [0.1, 0.15) is 11.6 Å². The van der Waals surface area contributed by atoms with Gasteiger partial charge in [0.05, 0.1) is 24.1 Å². The second-order valence-electron chi connectivity index (χ2n) is 8.20. The van der Waals surface area contributed by atoms with Crippen LogP contribution in [-0.2, 0) is 35.0 Å². The third-order valence-electron chi connectivity index (χ3n) is 6.52. The maximum Gasteiger partial charge on any atom is 0.226 e. The summed E-state index contributed by atoms with van der Waals surface area (Å²) >= 11 is 11.5. The summed E-state index contributed by atoms with van der Waals surface area (Å²) in [4.78, 5) is 12.6. The molecule has 0 radical (unpaired) electrons. The van der Waals surface area contributed by atoms with Crippen molar-refractivity contribution in [1.29, 1.82) is 0 Å². The molecule has 5 nitrogen and oxygen atoms in total. The Balaban J connectivity index is 1.48. The summed E-state index contributed by atoms with van der Waals surface area (Å²) in [6, 6.07) is 2.48. The molecule has 1 saturated carbocycles. The average Bonchev–Trinajstić information content (AvgIpc) is 2.97. The fraction of sp³-hybridized carbons (Fsp3) is 0.500. The molecule has 1 aromatic heterocycles. The van der Waals surface area contributed by atoms with Gasteiger partial charge in [-0.25, -0.2) is 8.78 Å². The summed E-state index contributed by atoms with van der Waals surface area (Å²) in [7, 11) is 1.83. The summed E-state index contributed by atoms with van der Waals surface area (Å²) in [6.45, 7) is 1.57. The molecule has 3 aliphatic rings. The molecule has 1 aromatic carbocycles. The van der Waals surface area contributed by atoms with E-state index in [1.54, 1.807) is 0 Å². The van der Waals surface area contributed by atoms with Crippen LogP contribution in [0.15, 0.2) is 12.1 Å². The van der Waals surface area contributed by atoms with Gasteiger partial charge >= 0.3 is 0 Å². The van der Waals surface area contributed by atoms with Gasteiger partial charge in [-0.15, -0.1) is 0 Å². The Bertz CT molecular complexity index is 1090. The summed E-state index contributed by atoms with van der Waals surface area (Å²) < 4.78 is 39.0. The van der Waals surface area contributed by atoms with Crippen molar-refractivity contribution in [2.24, 2.45) is 7.05 Å². The summed E-state index contributed by atoms with van der Waals surface area (Å²) in [5.74, 6) is -1.46. The van der Waals surface area contributed by atoms with Gasteiger partial charge in [-0.3, -0.25) is 4.79 Å². The Labute approximate surface area is 176 Å². The van der Waals surface area contributed by atoms with Gasteiger partial charge in [0, 0.05) is 48.5 Å². The lowest BCUT2D eigenvalue weighted by Crippen LogP contribution is -2.36. The van der Waals surface area contributed by atoms with Crippen LogP contribution < -0.4 is 5.32 Å². The molecule has 0 bridgehead atoms. The van der Waals surface area contributed by atoms with Gasteiger partial charge in [-0.2, -0.15) is 0 Å². The van der Waals surface area contributed by atoms with E-state index in [2.05, 4.69) is 5.32 Å². The Kier molecular flexibility index (Phi) is 4.38. The van der Waals surface area contributed by atoms with Crippen LogP contribution in [0, 0.1) is 16.4 Å². The molecule has 1 saturated heterocycles. The first kappa shape index (κ1) is 19.2. The topological polar surface area (TPSA) is 48.2 Å². The number of nitrogens with zero attached hydrogens (tertiary/aromatic N) is 2. The van der Waals surface area contributed by atoms with Crippen molar-refractivity contribution in [3.63, 3.8) is 0 Å². The van der Waals surface area contributed by atoms with Crippen molar-refractivity contribution in [3.8, 4) is 0 Å². The van der Waals surface area contributed by atoms with E-state index >= 15 is 0 Å². The largest absolute Gasteiger partial charge is 0.379 e. The number of hydrogen-bond donors (Lipinski definition) is 1. The second-order valence-corrected chi connectivity index (χ2v) is 8.97. The molecule has 0 spiro atoms. The SMILES string of the molecule is Cn1c(CC(=O)N[C@@H]2CCOC2)c2n(c1=S)C[C@@]1(c3c(F)ccc(Cl)c3F)C[C@@H]21. The molecule has 0 unspecified atom stereocenters. The molecule has 5 rings (SSSR count). The first-order valence-corrected chi connectivity index (χ1v) is 10.4. The van der Waals surface area contributed by atoms with E-state index in [4.69, 9.17) is 28.6 Å². The number of rotatable bonds is 4. The standard InChI is InChI=1S/C20H20ClF2N3O2S/c1-25-14(6-15(27)24-10-4-5-28-8-10)18-11-7-20(11,9-26(18)19(25)29)16-13(22)3-2-12(21)17(16)23/h2-3,10-11H,4-9H2,1H3,(H,24,27)/t10-,11+,20+/m1/s1. The molecule has 154 valence electrons. The van der Waals surface area contributed by atoms with Crippen molar-refractivity contribution in [2.45, 2.75) is 43.2 Å². The lowest BCUT2D eigenvalue weighted by atomic mass is 9.92. The van der Waals surface area contributed by atoms with E-state index < -0.39 is 17.0 Å². The highest BCUT2D eigenvalue weighted by atomic mass is 35.5. The number of carbonyl (C=O) groups excluding carboxylic acids is 1. The molecular formula is C20H20ClF2N3O2S. The Hall–Kier alpha value is -1.77. The highest BCUT2D eigenvalue weighted by Crippen LogP contribution is 2.67. The molecule has 1 amide bonds. The number of hydrogen-bond acceptors (Lipinski definition) is 3. The molecule has 2 aliphatic heterocycles. The van der Waals surface area contributed by atoms with Crippen LogP contribution in [0.5, 0.6) is 0 Å². The maximum atomic E-state index is 14.7. The lowest BCUT2D eigenvalue weighted by molar-refractivity contribution is -0.121. The van der Waals surface area contributed by atoms with Crippen molar-refractivity contribution in [1.82, 2.24) is 14.5 Å². The number of benzene rings is 1. The van der Waals surface area contributed by atoms with Crippen LogP contribution in [0.1, 0.15) is 35.7 Å². The summed E-state index contributed by atoms with van der Waals surface area (Å²) in [5.41, 5.74) is 1.07. The first-order chi connectivity index (χ1) is 13.8. The third kappa shape index (κ3) is 2.79. The van der Waals surface area contributed by atoms with Crippen LogP contribution in [0.3, 0.4) is 0 Å². The number of fused-ring (bicyclic) bond motifs is 3. The molecule has 3 heterocycles. The van der Waals surface area contributed by atoms with Gasteiger partial charge in [-0.1, -0.05) is 11.6 Å². The molecule has 2 fully saturated rings. The number of amides is 1. The number of aromatic nitrogens is 2. The van der Waals surface area contributed by atoms with Crippen LogP contribution in [-0.4, -0.2) is 34.3 Å². The van der Waals surface area contributed by atoms with Gasteiger partial charge < -0.3 is 19.2 Å². The number of ether oxygens (including phenoxy) is 1. The minimum atomic E-state index is -0.698. The highest BCUT2D eigenvalue weighted by molar-refractivity contribution is 7.71. The van der Waals surface area contributed by atoms with Crippen LogP contribution >= 0.6 is 23.8 Å². The normalized spacial score (nSPS) is 27.0. The van der Waals surface area contributed by atoms with E-state index in [0.717, 1.165) is 17.8 Å². The van der Waals surface area contributed by atoms with Gasteiger partial charge in [0.15, 0.2) is 4.77 Å². The van der Waals surface area contributed by atoms with Crippen molar-refractivity contribution in [3.05, 3.63) is 50.5 Å². The maximum absolute atomic E-state index is 14.7. The summed E-state index contributed by atoms with van der Waals surface area (Å²) in [6.07, 6.45) is 1.59. The zero-order valence-corrected chi connectivity index (χ0v) is 17.4. The fourth-order valence-electron chi connectivity index (χ4n) is 5.02. The predicted octanol–water partition coefficient (Wildman–Crippen LogP) is 3.37. The zero-order valence-electron chi connectivity index (χ0n) is 15.8. The molecule has 2 aromatic rings. The van der Waals surface area contributed by atoms with E-state index in [-0.39, 0.29) is 34.9 Å². The average molecular weight is 440 g/mol. The lowest BCUT2D eigenvalue weighted by Gasteiger charge is -2.16. The number of imidazole rings is 1. The minimum absolute atomic E-state index is 0.0288. The molecule has 1 aliphatic carbocycles. The van der Waals surface area contributed by atoms with E-state index in [1.165, 1.54) is 12.1 Å². The van der Waals surface area contributed by atoms with Crippen LogP contribution in [0.4, 0.5) is 8.78 Å². The molecule has 9 heteroatoms. The predicted molar refractivity (Wildman–Crippen MR) is 106 cm³/mol. The number of halogens is 3. The van der Waals surface area contributed by atoms with Gasteiger partial charge in [0.2, 0.25) is 5.91 Å². The highest BCUT2D eigenvalue weighted by Gasteiger charge is 2.64. The number of carbonyl (C=O) groups is 1. The first-order valence-electron chi connectivity index (χ1n) is 9.63. The smallest absolute Gasteiger partial charge is 0.226 e. The van der Waals surface area contributed by atoms with Gasteiger partial charge in [-0.05, 0) is 37.2 Å². The number of nitrogens with one attached hydrogen (secondary N) is 1. The van der Waals surface area contributed by atoms with Gasteiger partial charge in [0.25, 0.3) is 0 Å². The summed E-state index contributed by atoms with van der Waals surface area (Å²) in [5, 5.41) is 2.91. The molecule has 3 atom stereocenters. The van der Waals surface area contributed by atoms with E-state index in [9.17, 15) is 13.6 Å². The second kappa shape index (κ2) is 6.62.